The molecule has 1 aromatic carbocycles. The predicted molar refractivity (Wildman–Crippen MR) is 82.1 cm³/mol. The van der Waals surface area contributed by atoms with Gasteiger partial charge >= 0.3 is 0 Å². The van der Waals surface area contributed by atoms with Crippen molar-refractivity contribution in [2.45, 2.75) is 31.9 Å². The van der Waals surface area contributed by atoms with E-state index in [1.54, 1.807) is 11.3 Å². The third-order valence-corrected chi connectivity index (χ3v) is 5.25. The molecule has 2 heterocycles. The van der Waals surface area contributed by atoms with Gasteiger partial charge in [0.1, 0.15) is 0 Å². The summed E-state index contributed by atoms with van der Waals surface area (Å²) in [5.74, 6) is 0. The highest BCUT2D eigenvalue weighted by Gasteiger charge is 2.14. The van der Waals surface area contributed by atoms with Gasteiger partial charge in [-0.15, -0.1) is 11.3 Å². The Balaban J connectivity index is 1.60. The zero-order valence-electron chi connectivity index (χ0n) is 10.8. The molecule has 0 spiro atoms. The van der Waals surface area contributed by atoms with Gasteiger partial charge in [0.15, 0.2) is 0 Å². The highest BCUT2D eigenvalue weighted by atomic mass is 35.5. The summed E-state index contributed by atoms with van der Waals surface area (Å²) in [4.78, 5) is 1.22. The van der Waals surface area contributed by atoms with E-state index in [0.29, 0.717) is 6.10 Å². The van der Waals surface area contributed by atoms with E-state index in [1.807, 2.05) is 6.07 Å². The SMILES string of the molecule is Clc1c(CNCC2CCCCO2)sc2ccccc12. The molecule has 1 aromatic heterocycles. The molecule has 0 bridgehead atoms. The van der Waals surface area contributed by atoms with Gasteiger partial charge in [-0.25, -0.2) is 0 Å². The van der Waals surface area contributed by atoms with Crippen molar-refractivity contribution in [1.82, 2.24) is 5.32 Å². The summed E-state index contributed by atoms with van der Waals surface area (Å²) in [6.07, 6.45) is 4.05. The maximum absolute atomic E-state index is 6.42. The van der Waals surface area contributed by atoms with Gasteiger partial charge in [0.2, 0.25) is 0 Å². The average Bonchev–Trinajstić information content (AvgIpc) is 2.78. The lowest BCUT2D eigenvalue weighted by Gasteiger charge is -2.22. The van der Waals surface area contributed by atoms with Gasteiger partial charge in [-0.2, -0.15) is 0 Å². The van der Waals surface area contributed by atoms with Gasteiger partial charge in [-0.05, 0) is 25.3 Å². The van der Waals surface area contributed by atoms with Crippen molar-refractivity contribution in [2.24, 2.45) is 0 Å². The molecule has 102 valence electrons. The summed E-state index contributed by atoms with van der Waals surface area (Å²) < 4.78 is 6.98. The highest BCUT2D eigenvalue weighted by molar-refractivity contribution is 7.19. The second-order valence-corrected chi connectivity index (χ2v) is 6.47. The summed E-state index contributed by atoms with van der Waals surface area (Å²) >= 11 is 8.19. The van der Waals surface area contributed by atoms with E-state index in [9.17, 15) is 0 Å². The second kappa shape index (κ2) is 6.23. The van der Waals surface area contributed by atoms with E-state index >= 15 is 0 Å². The smallest absolute Gasteiger partial charge is 0.0699 e. The first kappa shape index (κ1) is 13.4. The van der Waals surface area contributed by atoms with Gasteiger partial charge in [0.05, 0.1) is 11.1 Å². The highest BCUT2D eigenvalue weighted by Crippen LogP contribution is 2.34. The Morgan fingerprint density at radius 2 is 2.21 bits per heavy atom. The lowest BCUT2D eigenvalue weighted by atomic mass is 10.1. The van der Waals surface area contributed by atoms with Crippen LogP contribution in [-0.4, -0.2) is 19.3 Å². The molecule has 0 radical (unpaired) electrons. The fourth-order valence-corrected chi connectivity index (χ4v) is 3.96. The van der Waals surface area contributed by atoms with Crippen LogP contribution in [0.1, 0.15) is 24.1 Å². The number of hydrogen-bond acceptors (Lipinski definition) is 3. The van der Waals surface area contributed by atoms with Crippen LogP contribution in [0.15, 0.2) is 24.3 Å². The first-order valence-electron chi connectivity index (χ1n) is 6.83. The zero-order valence-corrected chi connectivity index (χ0v) is 12.4. The molecule has 1 N–H and O–H groups in total. The fraction of sp³-hybridized carbons (Fsp3) is 0.467. The normalized spacial score (nSPS) is 19.9. The molecule has 2 nitrogen and oxygen atoms in total. The number of ether oxygens (including phenoxy) is 1. The molecular weight excluding hydrogens is 278 g/mol. The molecule has 1 aliphatic heterocycles. The van der Waals surface area contributed by atoms with E-state index in [4.69, 9.17) is 16.3 Å². The number of fused-ring (bicyclic) bond motifs is 1. The van der Waals surface area contributed by atoms with Crippen LogP contribution in [0, 0.1) is 0 Å². The topological polar surface area (TPSA) is 21.3 Å². The van der Waals surface area contributed by atoms with E-state index in [-0.39, 0.29) is 0 Å². The van der Waals surface area contributed by atoms with Gasteiger partial charge in [-0.3, -0.25) is 0 Å². The van der Waals surface area contributed by atoms with Crippen molar-refractivity contribution >= 4 is 33.0 Å². The van der Waals surface area contributed by atoms with Crippen LogP contribution in [0.5, 0.6) is 0 Å². The average molecular weight is 296 g/mol. The van der Waals surface area contributed by atoms with E-state index < -0.39 is 0 Å². The maximum Gasteiger partial charge on any atom is 0.0699 e. The van der Waals surface area contributed by atoms with Gasteiger partial charge in [0, 0.05) is 34.7 Å². The van der Waals surface area contributed by atoms with Crippen LogP contribution >= 0.6 is 22.9 Å². The number of rotatable bonds is 4. The molecule has 4 heteroatoms. The summed E-state index contributed by atoms with van der Waals surface area (Å²) in [5, 5.41) is 5.54. The molecule has 1 atom stereocenters. The van der Waals surface area contributed by atoms with Crippen LogP contribution in [0.4, 0.5) is 0 Å². The van der Waals surface area contributed by atoms with Gasteiger partial charge in [-0.1, -0.05) is 29.8 Å². The predicted octanol–water partition coefficient (Wildman–Crippen LogP) is 4.21. The second-order valence-electron chi connectivity index (χ2n) is 4.95. The molecule has 0 saturated carbocycles. The molecule has 3 rings (SSSR count). The minimum atomic E-state index is 0.377. The lowest BCUT2D eigenvalue weighted by Crippen LogP contribution is -2.31. The summed E-state index contributed by atoms with van der Waals surface area (Å²) in [6, 6.07) is 8.30. The lowest BCUT2D eigenvalue weighted by molar-refractivity contribution is 0.0168. The standard InChI is InChI=1S/C15H18ClNOS/c16-15-12-6-1-2-7-13(12)19-14(15)10-17-9-11-5-3-4-8-18-11/h1-2,6-7,11,17H,3-5,8-10H2. The molecule has 19 heavy (non-hydrogen) atoms. The summed E-state index contributed by atoms with van der Waals surface area (Å²) in [5.41, 5.74) is 0. The van der Waals surface area contributed by atoms with Crippen LogP contribution in [0.25, 0.3) is 10.1 Å². The summed E-state index contributed by atoms with van der Waals surface area (Å²) in [7, 11) is 0. The van der Waals surface area contributed by atoms with Crippen molar-refractivity contribution in [1.29, 1.82) is 0 Å². The van der Waals surface area contributed by atoms with Crippen molar-refractivity contribution < 1.29 is 4.74 Å². The Morgan fingerprint density at radius 1 is 1.32 bits per heavy atom. The zero-order chi connectivity index (χ0) is 13.1. The maximum atomic E-state index is 6.42. The van der Waals surface area contributed by atoms with Crippen molar-refractivity contribution in [3.8, 4) is 0 Å². The molecule has 1 saturated heterocycles. The Morgan fingerprint density at radius 3 is 3.00 bits per heavy atom. The Bertz CT molecular complexity index is 548. The van der Waals surface area contributed by atoms with Crippen LogP contribution in [-0.2, 0) is 11.3 Å². The number of halogens is 1. The monoisotopic (exact) mass is 295 g/mol. The largest absolute Gasteiger partial charge is 0.377 e. The molecule has 0 aliphatic carbocycles. The van der Waals surface area contributed by atoms with E-state index in [0.717, 1.165) is 24.7 Å². The molecule has 0 amide bonds. The number of thiophene rings is 1. The van der Waals surface area contributed by atoms with E-state index in [1.165, 1.54) is 34.2 Å². The number of benzene rings is 1. The number of nitrogens with one attached hydrogen (secondary N) is 1. The molecule has 2 aromatic rings. The minimum Gasteiger partial charge on any atom is -0.377 e. The first-order chi connectivity index (χ1) is 9.34. The Labute approximate surface area is 122 Å². The van der Waals surface area contributed by atoms with E-state index in [2.05, 4.69) is 23.5 Å². The molecular formula is C15H18ClNOS. The molecule has 1 aliphatic rings. The van der Waals surface area contributed by atoms with Crippen molar-refractivity contribution in [2.75, 3.05) is 13.2 Å². The minimum absolute atomic E-state index is 0.377. The molecule has 1 fully saturated rings. The summed E-state index contributed by atoms with van der Waals surface area (Å²) in [6.45, 7) is 2.67. The Kier molecular flexibility index (Phi) is 4.38. The van der Waals surface area contributed by atoms with Crippen LogP contribution in [0.2, 0.25) is 5.02 Å². The first-order valence-corrected chi connectivity index (χ1v) is 8.02. The third kappa shape index (κ3) is 3.11. The third-order valence-electron chi connectivity index (χ3n) is 3.53. The van der Waals surface area contributed by atoms with Crippen molar-refractivity contribution in [3.05, 3.63) is 34.2 Å². The molecule has 1 unspecified atom stereocenters. The van der Waals surface area contributed by atoms with Gasteiger partial charge < -0.3 is 10.1 Å². The Hall–Kier alpha value is -0.610. The van der Waals surface area contributed by atoms with Gasteiger partial charge in [0.25, 0.3) is 0 Å². The number of hydrogen-bond donors (Lipinski definition) is 1. The quantitative estimate of drug-likeness (QED) is 0.912. The fourth-order valence-electron chi connectivity index (χ4n) is 2.49. The van der Waals surface area contributed by atoms with Crippen LogP contribution < -0.4 is 5.32 Å². The van der Waals surface area contributed by atoms with Crippen LogP contribution in [0.3, 0.4) is 0 Å². The van der Waals surface area contributed by atoms with Crippen molar-refractivity contribution in [3.63, 3.8) is 0 Å².